The molecule has 0 saturated carbocycles. The van der Waals surface area contributed by atoms with Crippen molar-refractivity contribution >= 4 is 23.6 Å². The zero-order chi connectivity index (χ0) is 22.8. The van der Waals surface area contributed by atoms with E-state index in [1.165, 1.54) is 12.1 Å². The Hall–Kier alpha value is -3.88. The molecule has 0 spiro atoms. The summed E-state index contributed by atoms with van der Waals surface area (Å²) in [5.41, 5.74) is 0.617. The number of phenols is 1. The number of benzene rings is 2. The molecule has 2 heterocycles. The Bertz CT molecular complexity index is 1020. The number of hydrogen-bond donors (Lipinski definition) is 1. The van der Waals surface area contributed by atoms with Crippen molar-refractivity contribution in [2.45, 2.75) is 13.0 Å². The van der Waals surface area contributed by atoms with Crippen molar-refractivity contribution in [2.75, 3.05) is 32.7 Å². The van der Waals surface area contributed by atoms with Gasteiger partial charge in [0, 0.05) is 26.2 Å². The summed E-state index contributed by atoms with van der Waals surface area (Å²) in [6.07, 6.45) is -0.722. The van der Waals surface area contributed by atoms with Gasteiger partial charge < -0.3 is 19.6 Å². The molecule has 2 aliphatic heterocycles. The molecule has 0 bridgehead atoms. The van der Waals surface area contributed by atoms with E-state index in [4.69, 9.17) is 4.74 Å². The van der Waals surface area contributed by atoms with Crippen LogP contribution in [0.3, 0.4) is 0 Å². The number of fused-ring (bicyclic) bond motifs is 1. The molecule has 4 amide bonds. The second-order valence-corrected chi connectivity index (χ2v) is 7.70. The van der Waals surface area contributed by atoms with E-state index in [0.29, 0.717) is 43.1 Å². The molecule has 1 atom stereocenters. The Kier molecular flexibility index (Phi) is 5.81. The number of rotatable bonds is 5. The van der Waals surface area contributed by atoms with E-state index in [0.717, 1.165) is 4.90 Å². The lowest BCUT2D eigenvalue weighted by atomic mass is 10.1. The molecule has 4 rings (SSSR count). The molecule has 9 heteroatoms. The van der Waals surface area contributed by atoms with Crippen molar-refractivity contribution in [3.8, 4) is 11.5 Å². The Morgan fingerprint density at radius 3 is 2.00 bits per heavy atom. The van der Waals surface area contributed by atoms with Crippen molar-refractivity contribution in [3.05, 3.63) is 59.7 Å². The van der Waals surface area contributed by atoms with E-state index in [1.807, 2.05) is 0 Å². The number of aromatic hydroxyl groups is 1. The van der Waals surface area contributed by atoms with Crippen molar-refractivity contribution in [1.29, 1.82) is 0 Å². The lowest BCUT2D eigenvalue weighted by Gasteiger charge is -2.36. The molecule has 2 aliphatic rings. The summed E-state index contributed by atoms with van der Waals surface area (Å²) < 4.78 is 5.64. The summed E-state index contributed by atoms with van der Waals surface area (Å²) >= 11 is 0. The predicted octanol–water partition coefficient (Wildman–Crippen LogP) is 1.13. The second-order valence-electron chi connectivity index (χ2n) is 7.70. The minimum Gasteiger partial charge on any atom is -0.508 e. The van der Waals surface area contributed by atoms with Crippen LogP contribution >= 0.6 is 0 Å². The molecule has 166 valence electrons. The van der Waals surface area contributed by atoms with Crippen LogP contribution < -0.4 is 4.74 Å². The first-order valence-corrected chi connectivity index (χ1v) is 10.3. The van der Waals surface area contributed by atoms with E-state index >= 15 is 0 Å². The van der Waals surface area contributed by atoms with Gasteiger partial charge in [-0.2, -0.15) is 0 Å². The monoisotopic (exact) mass is 437 g/mol. The van der Waals surface area contributed by atoms with Crippen LogP contribution in [0.5, 0.6) is 11.5 Å². The number of hydrogen-bond acceptors (Lipinski definition) is 6. The van der Waals surface area contributed by atoms with E-state index in [-0.39, 0.29) is 24.1 Å². The normalized spacial score (nSPS) is 16.7. The van der Waals surface area contributed by atoms with Gasteiger partial charge in [0.15, 0.2) is 6.10 Å². The largest absolute Gasteiger partial charge is 0.508 e. The number of piperazine rings is 1. The molecule has 0 radical (unpaired) electrons. The van der Waals surface area contributed by atoms with Crippen LogP contribution in [0.15, 0.2) is 48.5 Å². The van der Waals surface area contributed by atoms with Crippen LogP contribution in [0.1, 0.15) is 27.6 Å². The van der Waals surface area contributed by atoms with E-state index in [9.17, 15) is 24.3 Å². The third-order valence-electron chi connectivity index (χ3n) is 5.61. The molecule has 1 fully saturated rings. The quantitative estimate of drug-likeness (QED) is 0.703. The van der Waals surface area contributed by atoms with Crippen LogP contribution in [0.25, 0.3) is 0 Å². The molecule has 0 aromatic heterocycles. The third kappa shape index (κ3) is 4.14. The number of phenolic OH excluding ortho intramolecular Hbond substituents is 1. The molecule has 32 heavy (non-hydrogen) atoms. The fourth-order valence-corrected chi connectivity index (χ4v) is 3.83. The smallest absolute Gasteiger partial charge is 0.263 e. The highest BCUT2D eigenvalue weighted by atomic mass is 16.5. The molecule has 0 aliphatic carbocycles. The van der Waals surface area contributed by atoms with E-state index < -0.39 is 17.9 Å². The number of ether oxygens (including phenoxy) is 1. The van der Waals surface area contributed by atoms with Gasteiger partial charge in [-0.05, 0) is 43.3 Å². The van der Waals surface area contributed by atoms with Crippen molar-refractivity contribution < 1.29 is 29.0 Å². The van der Waals surface area contributed by atoms with Gasteiger partial charge in [0.05, 0.1) is 11.1 Å². The standard InChI is InChI=1S/C23H23N3O6/c1-15(32-17-8-6-16(27)7-9-17)21(29)25-12-10-24(11-13-25)20(28)14-26-22(30)18-4-2-3-5-19(18)23(26)31/h2-9,15,27H,10-14H2,1H3. The Morgan fingerprint density at radius 2 is 1.44 bits per heavy atom. The maximum absolute atomic E-state index is 12.7. The molecule has 2 aromatic carbocycles. The van der Waals surface area contributed by atoms with Gasteiger partial charge in [0.25, 0.3) is 17.7 Å². The Morgan fingerprint density at radius 1 is 0.906 bits per heavy atom. The first kappa shape index (κ1) is 21.4. The van der Waals surface area contributed by atoms with Crippen LogP contribution in [0, 0.1) is 0 Å². The number of nitrogens with zero attached hydrogens (tertiary/aromatic N) is 3. The van der Waals surface area contributed by atoms with Gasteiger partial charge in [0.2, 0.25) is 5.91 Å². The molecule has 1 N–H and O–H groups in total. The number of imide groups is 1. The van der Waals surface area contributed by atoms with E-state index in [1.54, 1.807) is 53.1 Å². The van der Waals surface area contributed by atoms with Gasteiger partial charge in [-0.3, -0.25) is 24.1 Å². The average molecular weight is 437 g/mol. The summed E-state index contributed by atoms with van der Waals surface area (Å²) in [7, 11) is 0. The number of carbonyl (C=O) groups is 4. The zero-order valence-corrected chi connectivity index (χ0v) is 17.6. The highest BCUT2D eigenvalue weighted by Gasteiger charge is 2.37. The van der Waals surface area contributed by atoms with Crippen LogP contribution in [0.4, 0.5) is 0 Å². The van der Waals surface area contributed by atoms with Crippen LogP contribution in [-0.2, 0) is 9.59 Å². The van der Waals surface area contributed by atoms with Crippen molar-refractivity contribution in [1.82, 2.24) is 14.7 Å². The van der Waals surface area contributed by atoms with Gasteiger partial charge in [-0.15, -0.1) is 0 Å². The summed E-state index contributed by atoms with van der Waals surface area (Å²) in [6, 6.07) is 12.6. The molecular formula is C23H23N3O6. The van der Waals surface area contributed by atoms with Crippen LogP contribution in [-0.4, -0.2) is 82.3 Å². The minimum absolute atomic E-state index is 0.110. The molecule has 1 saturated heterocycles. The molecule has 9 nitrogen and oxygen atoms in total. The maximum atomic E-state index is 12.7. The third-order valence-corrected chi connectivity index (χ3v) is 5.61. The predicted molar refractivity (Wildman–Crippen MR) is 113 cm³/mol. The van der Waals surface area contributed by atoms with Gasteiger partial charge >= 0.3 is 0 Å². The second kappa shape index (κ2) is 8.70. The minimum atomic E-state index is -0.722. The Balaban J connectivity index is 1.29. The van der Waals surface area contributed by atoms with E-state index in [2.05, 4.69) is 0 Å². The SMILES string of the molecule is CC(Oc1ccc(O)cc1)C(=O)N1CCN(C(=O)CN2C(=O)c3ccccc3C2=O)CC1. The fourth-order valence-electron chi connectivity index (χ4n) is 3.83. The molecular weight excluding hydrogens is 414 g/mol. The van der Waals surface area contributed by atoms with Gasteiger partial charge in [0.1, 0.15) is 18.0 Å². The average Bonchev–Trinajstić information content (AvgIpc) is 3.05. The van der Waals surface area contributed by atoms with Crippen LogP contribution in [0.2, 0.25) is 0 Å². The van der Waals surface area contributed by atoms with Crippen molar-refractivity contribution in [2.24, 2.45) is 0 Å². The summed E-state index contributed by atoms with van der Waals surface area (Å²) in [5, 5.41) is 9.33. The highest BCUT2D eigenvalue weighted by Crippen LogP contribution is 2.22. The Labute approximate surface area is 184 Å². The summed E-state index contributed by atoms with van der Waals surface area (Å²) in [6.45, 7) is 2.60. The highest BCUT2D eigenvalue weighted by molar-refractivity contribution is 6.22. The summed E-state index contributed by atoms with van der Waals surface area (Å²) in [5.74, 6) is -0.886. The first-order chi connectivity index (χ1) is 15.3. The molecule has 2 aromatic rings. The topological polar surface area (TPSA) is 107 Å². The van der Waals surface area contributed by atoms with Gasteiger partial charge in [-0.1, -0.05) is 12.1 Å². The molecule has 1 unspecified atom stereocenters. The number of amides is 4. The zero-order valence-electron chi connectivity index (χ0n) is 17.6. The lowest BCUT2D eigenvalue weighted by Crippen LogP contribution is -2.55. The van der Waals surface area contributed by atoms with Crippen molar-refractivity contribution in [3.63, 3.8) is 0 Å². The summed E-state index contributed by atoms with van der Waals surface area (Å²) in [4.78, 5) is 54.5. The number of carbonyl (C=O) groups excluding carboxylic acids is 4. The van der Waals surface area contributed by atoms with Gasteiger partial charge in [-0.25, -0.2) is 0 Å². The fraction of sp³-hybridized carbons (Fsp3) is 0.304. The lowest BCUT2D eigenvalue weighted by molar-refractivity contribution is -0.143. The first-order valence-electron chi connectivity index (χ1n) is 10.3. The maximum Gasteiger partial charge on any atom is 0.263 e.